The largest absolute Gasteiger partial charge is 0.493 e. The van der Waals surface area contributed by atoms with Crippen molar-refractivity contribution >= 4 is 34.0 Å². The minimum atomic E-state index is -0.163. The second-order valence-corrected chi connectivity index (χ2v) is 8.02. The monoisotopic (exact) mass is 461 g/mol. The molecule has 1 aromatic heterocycles. The predicted octanol–water partition coefficient (Wildman–Crippen LogP) is 5.33. The third kappa shape index (κ3) is 5.08. The van der Waals surface area contributed by atoms with E-state index in [2.05, 4.69) is 17.1 Å². The summed E-state index contributed by atoms with van der Waals surface area (Å²) in [7, 11) is 4.67. The second kappa shape index (κ2) is 10.5. The number of hydrogen-bond donors (Lipinski definition) is 0. The van der Waals surface area contributed by atoms with Crippen LogP contribution in [0.3, 0.4) is 0 Å². The van der Waals surface area contributed by atoms with Gasteiger partial charge < -0.3 is 14.2 Å². The van der Waals surface area contributed by atoms with Crippen molar-refractivity contribution < 1.29 is 19.0 Å². The molecule has 2 aromatic carbocycles. The number of carbonyl (C=O) groups is 1. The Labute approximate surface area is 190 Å². The normalized spacial score (nSPS) is 10.6. The number of aromatic nitrogens is 2. The smallest absolute Gasteiger partial charge is 0.260 e. The minimum Gasteiger partial charge on any atom is -0.493 e. The van der Waals surface area contributed by atoms with Crippen molar-refractivity contribution in [2.75, 3.05) is 32.8 Å². The Balaban J connectivity index is 1.98. The Morgan fingerprint density at radius 1 is 1.06 bits per heavy atom. The Morgan fingerprint density at radius 2 is 1.77 bits per heavy atom. The fourth-order valence-corrected chi connectivity index (χ4v) is 4.07. The Bertz CT molecular complexity index is 1030. The summed E-state index contributed by atoms with van der Waals surface area (Å²) in [4.78, 5) is 14.8. The third-order valence-electron chi connectivity index (χ3n) is 4.61. The quantitative estimate of drug-likeness (QED) is 0.428. The molecule has 0 fully saturated rings. The van der Waals surface area contributed by atoms with Crippen LogP contribution in [0.2, 0.25) is 5.02 Å². The second-order valence-electron chi connectivity index (χ2n) is 6.62. The molecule has 1 amide bonds. The minimum absolute atomic E-state index is 0.163. The van der Waals surface area contributed by atoms with Gasteiger partial charge in [0.1, 0.15) is 5.01 Å². The van der Waals surface area contributed by atoms with Gasteiger partial charge in [-0.3, -0.25) is 9.69 Å². The van der Waals surface area contributed by atoms with E-state index >= 15 is 0 Å². The molecule has 0 N–H and O–H groups in total. The lowest BCUT2D eigenvalue weighted by Gasteiger charge is -2.19. The highest BCUT2D eigenvalue weighted by atomic mass is 35.5. The van der Waals surface area contributed by atoms with Crippen LogP contribution in [0.5, 0.6) is 17.2 Å². The van der Waals surface area contributed by atoms with Crippen LogP contribution < -0.4 is 19.1 Å². The van der Waals surface area contributed by atoms with E-state index in [1.165, 1.54) is 11.3 Å². The van der Waals surface area contributed by atoms with Gasteiger partial charge in [0.05, 0.1) is 21.3 Å². The molecule has 0 radical (unpaired) electrons. The molecule has 0 aliphatic heterocycles. The first kappa shape index (κ1) is 22.8. The maximum atomic E-state index is 13.2. The van der Waals surface area contributed by atoms with Crippen molar-refractivity contribution in [3.63, 3.8) is 0 Å². The summed E-state index contributed by atoms with van der Waals surface area (Å²) in [6.07, 6.45) is 1.78. The fourth-order valence-electron chi connectivity index (χ4n) is 3.02. The SMILES string of the molecule is CCCCN(C(=O)c1cccc(Cl)c1)c1nnc(-c2cc(OC)c(OC)c(OC)c2)s1. The maximum absolute atomic E-state index is 13.2. The van der Waals surface area contributed by atoms with Gasteiger partial charge in [-0.1, -0.05) is 42.3 Å². The number of unbranched alkanes of at least 4 members (excludes halogenated alkanes) is 1. The van der Waals surface area contributed by atoms with Crippen LogP contribution in [0, 0.1) is 0 Å². The van der Waals surface area contributed by atoms with Crippen LogP contribution in [0.1, 0.15) is 30.1 Å². The average Bonchev–Trinajstić information content (AvgIpc) is 3.28. The van der Waals surface area contributed by atoms with E-state index in [-0.39, 0.29) is 5.91 Å². The molecule has 1 heterocycles. The molecule has 31 heavy (non-hydrogen) atoms. The first-order valence-electron chi connectivity index (χ1n) is 9.73. The van der Waals surface area contributed by atoms with E-state index in [0.717, 1.165) is 18.4 Å². The molecule has 164 valence electrons. The molecule has 9 heteroatoms. The molecule has 0 spiro atoms. The van der Waals surface area contributed by atoms with E-state index in [4.69, 9.17) is 25.8 Å². The number of hydrogen-bond acceptors (Lipinski definition) is 7. The molecule has 3 rings (SSSR count). The Morgan fingerprint density at radius 3 is 2.35 bits per heavy atom. The van der Waals surface area contributed by atoms with Gasteiger partial charge in [0.25, 0.3) is 5.91 Å². The molecule has 0 atom stereocenters. The number of halogens is 1. The van der Waals surface area contributed by atoms with Gasteiger partial charge in [-0.05, 0) is 36.8 Å². The van der Waals surface area contributed by atoms with Crippen molar-refractivity contribution in [3.05, 3.63) is 47.0 Å². The standard InChI is InChI=1S/C22H24ClN3O4S/c1-5-6-10-26(21(27)14-8-7-9-16(23)11-14)22-25-24-20(31-22)15-12-17(28-2)19(30-4)18(13-15)29-3/h7-9,11-13H,5-6,10H2,1-4H3. The number of anilines is 1. The number of carbonyl (C=O) groups excluding carboxylic acids is 1. The van der Waals surface area contributed by atoms with Crippen LogP contribution >= 0.6 is 22.9 Å². The van der Waals surface area contributed by atoms with Gasteiger partial charge in [-0.2, -0.15) is 0 Å². The van der Waals surface area contributed by atoms with Crippen molar-refractivity contribution in [2.45, 2.75) is 19.8 Å². The zero-order valence-corrected chi connectivity index (χ0v) is 19.4. The fraction of sp³-hybridized carbons (Fsp3) is 0.318. The van der Waals surface area contributed by atoms with Crippen LogP contribution in [0.4, 0.5) is 5.13 Å². The Kier molecular flexibility index (Phi) is 7.70. The highest BCUT2D eigenvalue weighted by Crippen LogP contribution is 2.42. The van der Waals surface area contributed by atoms with Gasteiger partial charge in [0.2, 0.25) is 10.9 Å². The Hall–Kier alpha value is -2.84. The first-order valence-corrected chi connectivity index (χ1v) is 10.9. The maximum Gasteiger partial charge on any atom is 0.260 e. The van der Waals surface area contributed by atoms with E-state index in [9.17, 15) is 4.79 Å². The highest BCUT2D eigenvalue weighted by molar-refractivity contribution is 7.18. The number of nitrogens with zero attached hydrogens (tertiary/aromatic N) is 3. The summed E-state index contributed by atoms with van der Waals surface area (Å²) < 4.78 is 16.2. The van der Waals surface area contributed by atoms with Gasteiger partial charge in [0.15, 0.2) is 11.5 Å². The van der Waals surface area contributed by atoms with Crippen molar-refractivity contribution in [1.82, 2.24) is 10.2 Å². The van der Waals surface area contributed by atoms with E-state index in [0.29, 0.717) is 44.5 Å². The van der Waals surface area contributed by atoms with E-state index in [1.54, 1.807) is 62.6 Å². The number of benzene rings is 2. The zero-order valence-electron chi connectivity index (χ0n) is 17.8. The van der Waals surface area contributed by atoms with Crippen molar-refractivity contribution in [3.8, 4) is 27.8 Å². The lowest BCUT2D eigenvalue weighted by Crippen LogP contribution is -2.31. The zero-order chi connectivity index (χ0) is 22.4. The third-order valence-corrected chi connectivity index (χ3v) is 5.84. The number of amides is 1. The number of rotatable bonds is 9. The molecule has 0 unspecified atom stereocenters. The lowest BCUT2D eigenvalue weighted by atomic mass is 10.2. The average molecular weight is 462 g/mol. The molecular formula is C22H24ClN3O4S. The van der Waals surface area contributed by atoms with Gasteiger partial charge in [-0.25, -0.2) is 0 Å². The number of methoxy groups -OCH3 is 3. The molecule has 0 saturated carbocycles. The predicted molar refractivity (Wildman–Crippen MR) is 123 cm³/mol. The van der Waals surface area contributed by atoms with Gasteiger partial charge in [0, 0.05) is 22.7 Å². The highest BCUT2D eigenvalue weighted by Gasteiger charge is 2.23. The molecule has 0 aliphatic rings. The summed E-state index contributed by atoms with van der Waals surface area (Å²) in [6.45, 7) is 2.61. The van der Waals surface area contributed by atoms with E-state index < -0.39 is 0 Å². The summed E-state index contributed by atoms with van der Waals surface area (Å²) in [5.41, 5.74) is 1.26. The number of ether oxygens (including phenoxy) is 3. The van der Waals surface area contributed by atoms with Crippen molar-refractivity contribution in [1.29, 1.82) is 0 Å². The van der Waals surface area contributed by atoms with Gasteiger partial charge in [-0.15, -0.1) is 10.2 Å². The van der Waals surface area contributed by atoms with Crippen LogP contribution in [-0.4, -0.2) is 44.0 Å². The molecule has 0 saturated heterocycles. The van der Waals surface area contributed by atoms with Gasteiger partial charge >= 0.3 is 0 Å². The van der Waals surface area contributed by atoms with Crippen LogP contribution in [-0.2, 0) is 0 Å². The molecule has 3 aromatic rings. The molecule has 0 bridgehead atoms. The molecular weight excluding hydrogens is 438 g/mol. The van der Waals surface area contributed by atoms with Crippen LogP contribution in [0.25, 0.3) is 10.6 Å². The lowest BCUT2D eigenvalue weighted by molar-refractivity contribution is 0.0986. The van der Waals surface area contributed by atoms with Crippen molar-refractivity contribution in [2.24, 2.45) is 0 Å². The summed E-state index contributed by atoms with van der Waals surface area (Å²) in [6, 6.07) is 10.5. The summed E-state index contributed by atoms with van der Waals surface area (Å²) >= 11 is 7.40. The first-order chi connectivity index (χ1) is 15.0. The summed E-state index contributed by atoms with van der Waals surface area (Å²) in [5, 5.41) is 10.3. The van der Waals surface area contributed by atoms with E-state index in [1.807, 2.05) is 0 Å². The topological polar surface area (TPSA) is 73.8 Å². The van der Waals surface area contributed by atoms with Crippen LogP contribution in [0.15, 0.2) is 36.4 Å². The molecule has 0 aliphatic carbocycles. The summed E-state index contributed by atoms with van der Waals surface area (Å²) in [5.74, 6) is 1.38. The molecule has 7 nitrogen and oxygen atoms in total.